The molecule has 0 spiro atoms. The van der Waals surface area contributed by atoms with Crippen LogP contribution in [0, 0.1) is 12.7 Å². The Morgan fingerprint density at radius 2 is 1.89 bits per heavy atom. The van der Waals surface area contributed by atoms with Crippen molar-refractivity contribution in [3.05, 3.63) is 63.4 Å². The topological polar surface area (TPSA) is 12.0 Å². The van der Waals surface area contributed by atoms with Gasteiger partial charge in [-0.3, -0.25) is 0 Å². The lowest BCUT2D eigenvalue weighted by Gasteiger charge is -2.11. The van der Waals surface area contributed by atoms with Gasteiger partial charge in [0.25, 0.3) is 0 Å². The van der Waals surface area contributed by atoms with E-state index in [1.807, 2.05) is 25.1 Å². The first-order chi connectivity index (χ1) is 8.58. The van der Waals surface area contributed by atoms with Gasteiger partial charge in [-0.1, -0.05) is 29.3 Å². The Kier molecular flexibility index (Phi) is 4.10. The van der Waals surface area contributed by atoms with Crippen LogP contribution in [0.25, 0.3) is 0 Å². The molecule has 1 nitrogen and oxygen atoms in total. The molecule has 0 aliphatic rings. The van der Waals surface area contributed by atoms with E-state index < -0.39 is 0 Å². The van der Waals surface area contributed by atoms with Crippen LogP contribution in [0.2, 0.25) is 10.0 Å². The van der Waals surface area contributed by atoms with Crippen LogP contribution >= 0.6 is 23.2 Å². The fourth-order valence-corrected chi connectivity index (χ4v) is 2.03. The molecular formula is C14H12Cl2FN. The van der Waals surface area contributed by atoms with Gasteiger partial charge < -0.3 is 5.32 Å². The third kappa shape index (κ3) is 2.95. The van der Waals surface area contributed by atoms with Gasteiger partial charge in [0.05, 0.1) is 0 Å². The summed E-state index contributed by atoms with van der Waals surface area (Å²) in [6.07, 6.45) is 0. The minimum atomic E-state index is -0.293. The van der Waals surface area contributed by atoms with Crippen LogP contribution in [0.15, 0.2) is 36.4 Å². The van der Waals surface area contributed by atoms with E-state index in [0.29, 0.717) is 16.6 Å². The van der Waals surface area contributed by atoms with Gasteiger partial charge in [-0.2, -0.15) is 0 Å². The van der Waals surface area contributed by atoms with E-state index in [9.17, 15) is 4.39 Å². The first-order valence-corrected chi connectivity index (χ1v) is 6.26. The van der Waals surface area contributed by atoms with Gasteiger partial charge in [-0.05, 0) is 48.4 Å². The highest BCUT2D eigenvalue weighted by atomic mass is 35.5. The highest BCUT2D eigenvalue weighted by Crippen LogP contribution is 2.24. The van der Waals surface area contributed by atoms with E-state index in [2.05, 4.69) is 5.32 Å². The summed E-state index contributed by atoms with van der Waals surface area (Å²) in [7, 11) is 0. The van der Waals surface area contributed by atoms with Crippen LogP contribution in [0.1, 0.15) is 11.1 Å². The number of anilines is 1. The number of halogens is 3. The van der Waals surface area contributed by atoms with Gasteiger partial charge in [0.1, 0.15) is 5.82 Å². The smallest absolute Gasteiger partial charge is 0.123 e. The number of benzene rings is 2. The lowest BCUT2D eigenvalue weighted by atomic mass is 10.1. The molecule has 0 heterocycles. The fraction of sp³-hybridized carbons (Fsp3) is 0.143. The van der Waals surface area contributed by atoms with Crippen molar-refractivity contribution in [3.8, 4) is 0 Å². The Labute approximate surface area is 116 Å². The molecule has 2 aromatic carbocycles. The van der Waals surface area contributed by atoms with Crippen LogP contribution in [-0.4, -0.2) is 0 Å². The molecule has 0 unspecified atom stereocenters. The second-order valence-electron chi connectivity index (χ2n) is 4.00. The first kappa shape index (κ1) is 13.2. The predicted octanol–water partition coefficient (Wildman–Crippen LogP) is 5.05. The molecule has 18 heavy (non-hydrogen) atoms. The number of rotatable bonds is 3. The summed E-state index contributed by atoms with van der Waals surface area (Å²) in [6.45, 7) is 2.38. The van der Waals surface area contributed by atoms with E-state index >= 15 is 0 Å². The molecule has 0 atom stereocenters. The fourth-order valence-electron chi connectivity index (χ4n) is 1.67. The summed E-state index contributed by atoms with van der Waals surface area (Å²) in [4.78, 5) is 0. The third-order valence-electron chi connectivity index (χ3n) is 2.74. The van der Waals surface area contributed by atoms with Crippen LogP contribution in [0.3, 0.4) is 0 Å². The zero-order valence-electron chi connectivity index (χ0n) is 9.81. The number of nitrogens with one attached hydrogen (secondary N) is 1. The molecule has 0 saturated heterocycles. The average Bonchev–Trinajstić information content (AvgIpc) is 2.35. The quantitative estimate of drug-likeness (QED) is 0.831. The summed E-state index contributed by atoms with van der Waals surface area (Å²) in [5.41, 5.74) is 2.60. The molecule has 0 amide bonds. The summed E-state index contributed by atoms with van der Waals surface area (Å²) in [5.74, 6) is -0.293. The van der Waals surface area contributed by atoms with Crippen molar-refractivity contribution in [2.75, 3.05) is 5.32 Å². The maximum Gasteiger partial charge on any atom is 0.123 e. The SMILES string of the molecule is Cc1c(Cl)cccc1NCc1cc(F)ccc1Cl. The van der Waals surface area contributed by atoms with Crippen molar-refractivity contribution in [3.63, 3.8) is 0 Å². The molecule has 0 fully saturated rings. The van der Waals surface area contributed by atoms with E-state index in [-0.39, 0.29) is 5.82 Å². The third-order valence-corrected chi connectivity index (χ3v) is 3.52. The zero-order valence-corrected chi connectivity index (χ0v) is 11.3. The molecule has 4 heteroatoms. The van der Waals surface area contributed by atoms with E-state index in [1.165, 1.54) is 12.1 Å². The minimum Gasteiger partial charge on any atom is -0.381 e. The molecular weight excluding hydrogens is 272 g/mol. The summed E-state index contributed by atoms with van der Waals surface area (Å²) >= 11 is 12.0. The van der Waals surface area contributed by atoms with Gasteiger partial charge >= 0.3 is 0 Å². The van der Waals surface area contributed by atoms with Crippen molar-refractivity contribution in [2.24, 2.45) is 0 Å². The predicted molar refractivity (Wildman–Crippen MR) is 74.9 cm³/mol. The van der Waals surface area contributed by atoms with Crippen molar-refractivity contribution in [1.29, 1.82) is 0 Å². The molecule has 94 valence electrons. The van der Waals surface area contributed by atoms with Crippen LogP contribution in [-0.2, 0) is 6.54 Å². The van der Waals surface area contributed by atoms with Crippen molar-refractivity contribution >= 4 is 28.9 Å². The standard InChI is InChI=1S/C14H12Cl2FN/c1-9-12(15)3-2-4-14(9)18-8-10-7-11(17)5-6-13(10)16/h2-7,18H,8H2,1H3. The lowest BCUT2D eigenvalue weighted by Crippen LogP contribution is -2.02. The maximum absolute atomic E-state index is 13.1. The van der Waals surface area contributed by atoms with Gasteiger partial charge in [-0.15, -0.1) is 0 Å². The Morgan fingerprint density at radius 1 is 1.11 bits per heavy atom. The highest BCUT2D eigenvalue weighted by molar-refractivity contribution is 6.32. The summed E-state index contributed by atoms with van der Waals surface area (Å²) in [5, 5.41) is 4.45. The van der Waals surface area contributed by atoms with Gasteiger partial charge in [0, 0.05) is 22.3 Å². The lowest BCUT2D eigenvalue weighted by molar-refractivity contribution is 0.626. The second-order valence-corrected chi connectivity index (χ2v) is 4.82. The molecule has 2 rings (SSSR count). The van der Waals surface area contributed by atoms with Crippen LogP contribution in [0.4, 0.5) is 10.1 Å². The average molecular weight is 284 g/mol. The van der Waals surface area contributed by atoms with E-state index in [1.54, 1.807) is 6.07 Å². The molecule has 0 aromatic heterocycles. The van der Waals surface area contributed by atoms with Gasteiger partial charge in [0.2, 0.25) is 0 Å². The summed E-state index contributed by atoms with van der Waals surface area (Å²) in [6, 6.07) is 9.95. The monoisotopic (exact) mass is 283 g/mol. The molecule has 0 radical (unpaired) electrons. The minimum absolute atomic E-state index is 0.293. The molecule has 0 saturated carbocycles. The van der Waals surface area contributed by atoms with Gasteiger partial charge in [-0.25, -0.2) is 4.39 Å². The maximum atomic E-state index is 13.1. The van der Waals surface area contributed by atoms with Crippen LogP contribution < -0.4 is 5.32 Å². The Morgan fingerprint density at radius 3 is 2.67 bits per heavy atom. The van der Waals surface area contributed by atoms with E-state index in [4.69, 9.17) is 23.2 Å². The summed E-state index contributed by atoms with van der Waals surface area (Å²) < 4.78 is 13.1. The van der Waals surface area contributed by atoms with Gasteiger partial charge in [0.15, 0.2) is 0 Å². The first-order valence-electron chi connectivity index (χ1n) is 5.51. The normalized spacial score (nSPS) is 10.4. The Bertz CT molecular complexity index is 568. The van der Waals surface area contributed by atoms with Crippen LogP contribution in [0.5, 0.6) is 0 Å². The number of hydrogen-bond donors (Lipinski definition) is 1. The molecule has 0 bridgehead atoms. The van der Waals surface area contributed by atoms with Crippen molar-refractivity contribution in [1.82, 2.24) is 0 Å². The second kappa shape index (κ2) is 5.59. The number of hydrogen-bond acceptors (Lipinski definition) is 1. The highest BCUT2D eigenvalue weighted by Gasteiger charge is 2.05. The molecule has 1 N–H and O–H groups in total. The molecule has 0 aliphatic carbocycles. The Balaban J connectivity index is 2.16. The van der Waals surface area contributed by atoms with Crippen molar-refractivity contribution in [2.45, 2.75) is 13.5 Å². The van der Waals surface area contributed by atoms with E-state index in [0.717, 1.165) is 16.8 Å². The van der Waals surface area contributed by atoms with Crippen molar-refractivity contribution < 1.29 is 4.39 Å². The largest absolute Gasteiger partial charge is 0.381 e. The zero-order chi connectivity index (χ0) is 13.1. The Hall–Kier alpha value is -1.25. The molecule has 2 aromatic rings. The molecule has 0 aliphatic heterocycles.